The molecule has 0 unspecified atom stereocenters. The number of pyridine rings is 1. The van der Waals surface area contributed by atoms with Crippen molar-refractivity contribution in [3.63, 3.8) is 0 Å². The molecule has 158 valence electrons. The zero-order valence-corrected chi connectivity index (χ0v) is 18.2. The number of piperazine rings is 1. The highest BCUT2D eigenvalue weighted by Gasteiger charge is 2.19. The molecule has 0 spiro atoms. The van der Waals surface area contributed by atoms with Crippen LogP contribution in [-0.2, 0) is 0 Å². The molecule has 0 radical (unpaired) electrons. The quantitative estimate of drug-likeness (QED) is 0.487. The first-order valence-electron chi connectivity index (χ1n) is 10.8. The van der Waals surface area contributed by atoms with Crippen molar-refractivity contribution < 1.29 is 4.39 Å². The van der Waals surface area contributed by atoms with E-state index in [0.29, 0.717) is 5.56 Å². The molecule has 2 aromatic carbocycles. The van der Waals surface area contributed by atoms with Crippen LogP contribution in [0.2, 0.25) is 0 Å². The minimum atomic E-state index is -0.225. The van der Waals surface area contributed by atoms with Crippen LogP contribution in [0.1, 0.15) is 11.1 Å². The fraction of sp³-hybridized carbons (Fsp3) is 0.269. The highest BCUT2D eigenvalue weighted by molar-refractivity contribution is 5.96. The van der Waals surface area contributed by atoms with Gasteiger partial charge in [0.25, 0.3) is 0 Å². The molecule has 5 heteroatoms. The summed E-state index contributed by atoms with van der Waals surface area (Å²) >= 11 is 0. The zero-order valence-electron chi connectivity index (χ0n) is 18.2. The number of aryl methyl sites for hydroxylation is 2. The molecule has 0 amide bonds. The minimum Gasteiger partial charge on any atom is -0.369 e. The maximum atomic E-state index is 14.4. The molecule has 0 saturated carbocycles. The molecule has 1 aliphatic heterocycles. The van der Waals surface area contributed by atoms with Gasteiger partial charge in [-0.15, -0.1) is 0 Å². The van der Waals surface area contributed by atoms with Gasteiger partial charge in [-0.05, 0) is 61.9 Å². The van der Waals surface area contributed by atoms with Gasteiger partial charge >= 0.3 is 0 Å². The van der Waals surface area contributed by atoms with Gasteiger partial charge in [0, 0.05) is 66.3 Å². The number of aromatic nitrogens is 2. The van der Waals surface area contributed by atoms with Crippen LogP contribution in [-0.4, -0.2) is 48.1 Å². The molecule has 4 aromatic rings. The van der Waals surface area contributed by atoms with Crippen LogP contribution in [0.25, 0.3) is 33.3 Å². The number of aromatic amines is 1. The van der Waals surface area contributed by atoms with E-state index in [2.05, 4.69) is 58.9 Å². The van der Waals surface area contributed by atoms with Gasteiger partial charge in [0.2, 0.25) is 0 Å². The number of nitrogens with one attached hydrogen (secondary N) is 1. The van der Waals surface area contributed by atoms with Gasteiger partial charge in [-0.2, -0.15) is 0 Å². The van der Waals surface area contributed by atoms with Gasteiger partial charge in [-0.1, -0.05) is 18.2 Å². The van der Waals surface area contributed by atoms with Crippen molar-refractivity contribution in [3.05, 3.63) is 71.8 Å². The van der Waals surface area contributed by atoms with Crippen LogP contribution in [0.15, 0.2) is 54.9 Å². The van der Waals surface area contributed by atoms with Crippen LogP contribution < -0.4 is 4.90 Å². The Morgan fingerprint density at radius 1 is 0.903 bits per heavy atom. The number of halogens is 1. The molecule has 31 heavy (non-hydrogen) atoms. The molecule has 1 N–H and O–H groups in total. The molecule has 1 saturated heterocycles. The van der Waals surface area contributed by atoms with Crippen LogP contribution >= 0.6 is 0 Å². The lowest BCUT2D eigenvalue weighted by molar-refractivity contribution is 0.312. The normalized spacial score (nSPS) is 15.0. The lowest BCUT2D eigenvalue weighted by Gasteiger charge is -2.36. The Kier molecular flexibility index (Phi) is 4.98. The molecule has 5 rings (SSSR count). The second-order valence-electron chi connectivity index (χ2n) is 8.55. The summed E-state index contributed by atoms with van der Waals surface area (Å²) in [5.74, 6) is -0.225. The number of benzene rings is 2. The number of nitrogens with zero attached hydrogens (tertiary/aromatic N) is 3. The van der Waals surface area contributed by atoms with Gasteiger partial charge in [-0.3, -0.25) is 0 Å². The summed E-state index contributed by atoms with van der Waals surface area (Å²) in [6, 6.07) is 13.5. The maximum absolute atomic E-state index is 14.4. The van der Waals surface area contributed by atoms with Crippen molar-refractivity contribution in [1.82, 2.24) is 14.9 Å². The van der Waals surface area contributed by atoms with Crippen molar-refractivity contribution in [2.45, 2.75) is 13.8 Å². The highest BCUT2D eigenvalue weighted by atomic mass is 19.1. The van der Waals surface area contributed by atoms with Crippen LogP contribution in [0, 0.1) is 19.7 Å². The second-order valence-corrected chi connectivity index (χ2v) is 8.55. The average molecular weight is 415 g/mol. The number of likely N-dealkylation sites (N-methyl/N-ethyl adjacent to an activating group) is 1. The first-order valence-corrected chi connectivity index (χ1v) is 10.8. The van der Waals surface area contributed by atoms with E-state index in [-0.39, 0.29) is 5.82 Å². The number of hydrogen-bond acceptors (Lipinski definition) is 3. The minimum absolute atomic E-state index is 0.225. The Hall–Kier alpha value is -3.18. The van der Waals surface area contributed by atoms with E-state index in [1.807, 2.05) is 24.5 Å². The van der Waals surface area contributed by atoms with Gasteiger partial charge < -0.3 is 14.8 Å². The molecule has 3 heterocycles. The first-order chi connectivity index (χ1) is 15.0. The number of H-pyrrole nitrogens is 1. The van der Waals surface area contributed by atoms with Gasteiger partial charge in [0.1, 0.15) is 11.5 Å². The summed E-state index contributed by atoms with van der Waals surface area (Å²) in [5.41, 5.74) is 8.29. The molecule has 0 atom stereocenters. The lowest BCUT2D eigenvalue weighted by atomic mass is 9.97. The number of fused-ring (bicyclic) bond motifs is 1. The maximum Gasteiger partial charge on any atom is 0.137 e. The van der Waals surface area contributed by atoms with Crippen molar-refractivity contribution >= 4 is 16.7 Å². The van der Waals surface area contributed by atoms with Gasteiger partial charge in [0.05, 0.1) is 0 Å². The molecular weight excluding hydrogens is 387 g/mol. The fourth-order valence-corrected chi connectivity index (χ4v) is 4.72. The Morgan fingerprint density at radius 3 is 2.32 bits per heavy atom. The molecule has 2 aromatic heterocycles. The van der Waals surface area contributed by atoms with Crippen molar-refractivity contribution in [1.29, 1.82) is 0 Å². The van der Waals surface area contributed by atoms with Crippen LogP contribution in [0.5, 0.6) is 0 Å². The molecule has 1 fully saturated rings. The Balaban J connectivity index is 1.55. The second kappa shape index (κ2) is 7.82. The standard InChI is InChI=1S/C26H27FN4/c1-17-12-19(13-18(2)25(17)31-10-8-30(3)9-11-31)20-14-22-23(16-29-26(22)28-15-20)21-6-4-5-7-24(21)27/h4-7,12-16H,8-11H2,1-3H3,(H,28,29). The third-order valence-corrected chi connectivity index (χ3v) is 6.34. The lowest BCUT2D eigenvalue weighted by Crippen LogP contribution is -2.45. The summed E-state index contributed by atoms with van der Waals surface area (Å²) in [5, 5.41) is 0.932. The van der Waals surface area contributed by atoms with Crippen molar-refractivity contribution in [2.24, 2.45) is 0 Å². The van der Waals surface area contributed by atoms with Crippen LogP contribution in [0.4, 0.5) is 10.1 Å². The van der Waals surface area contributed by atoms with E-state index in [1.165, 1.54) is 22.9 Å². The highest BCUT2D eigenvalue weighted by Crippen LogP contribution is 2.35. The average Bonchev–Trinajstić information content (AvgIpc) is 3.18. The van der Waals surface area contributed by atoms with E-state index in [9.17, 15) is 4.39 Å². The van der Waals surface area contributed by atoms with Gasteiger partial charge in [-0.25, -0.2) is 9.37 Å². The Labute approximate surface area is 182 Å². The molecule has 0 bridgehead atoms. The van der Waals surface area contributed by atoms with E-state index >= 15 is 0 Å². The first kappa shape index (κ1) is 19.8. The summed E-state index contributed by atoms with van der Waals surface area (Å²) in [7, 11) is 2.18. The Morgan fingerprint density at radius 2 is 1.61 bits per heavy atom. The number of hydrogen-bond donors (Lipinski definition) is 1. The van der Waals surface area contributed by atoms with Crippen molar-refractivity contribution in [2.75, 3.05) is 38.1 Å². The predicted molar refractivity (Wildman–Crippen MR) is 126 cm³/mol. The summed E-state index contributed by atoms with van der Waals surface area (Å²) < 4.78 is 14.4. The van der Waals surface area contributed by atoms with E-state index in [1.54, 1.807) is 6.07 Å². The molecule has 1 aliphatic rings. The summed E-state index contributed by atoms with van der Waals surface area (Å²) in [6.45, 7) is 8.68. The number of anilines is 1. The largest absolute Gasteiger partial charge is 0.369 e. The van der Waals surface area contributed by atoms with Gasteiger partial charge in [0.15, 0.2) is 0 Å². The third-order valence-electron chi connectivity index (χ3n) is 6.34. The topological polar surface area (TPSA) is 35.2 Å². The van der Waals surface area contributed by atoms with E-state index in [4.69, 9.17) is 0 Å². The molecular formula is C26H27FN4. The molecule has 4 nitrogen and oxygen atoms in total. The zero-order chi connectivity index (χ0) is 21.5. The molecule has 0 aliphatic carbocycles. The van der Waals surface area contributed by atoms with E-state index in [0.717, 1.165) is 53.9 Å². The summed E-state index contributed by atoms with van der Waals surface area (Å²) in [6.07, 6.45) is 3.74. The third kappa shape index (κ3) is 3.59. The van der Waals surface area contributed by atoms with Crippen LogP contribution in [0.3, 0.4) is 0 Å². The number of rotatable bonds is 3. The monoisotopic (exact) mass is 414 g/mol. The Bertz CT molecular complexity index is 1230. The predicted octanol–water partition coefficient (Wildman–Crippen LogP) is 5.40. The van der Waals surface area contributed by atoms with E-state index < -0.39 is 0 Å². The smallest absolute Gasteiger partial charge is 0.137 e. The fourth-order valence-electron chi connectivity index (χ4n) is 4.72. The van der Waals surface area contributed by atoms with Crippen molar-refractivity contribution in [3.8, 4) is 22.3 Å². The SMILES string of the molecule is Cc1cc(-c2cnc3[nH]cc(-c4ccccc4F)c3c2)cc(C)c1N1CCN(C)CC1. The summed E-state index contributed by atoms with van der Waals surface area (Å²) in [4.78, 5) is 12.7.